The third-order valence-electron chi connectivity index (χ3n) is 4.54. The van der Waals surface area contributed by atoms with Crippen LogP contribution in [0, 0.1) is 0 Å². The van der Waals surface area contributed by atoms with Crippen LogP contribution in [0.4, 0.5) is 0 Å². The van der Waals surface area contributed by atoms with Gasteiger partial charge < -0.3 is 29.7 Å². The lowest BCUT2D eigenvalue weighted by atomic mass is 9.97. The number of nitrogens with one attached hydrogen (secondary N) is 1. The van der Waals surface area contributed by atoms with Crippen molar-refractivity contribution in [2.24, 2.45) is 0 Å². The van der Waals surface area contributed by atoms with E-state index in [4.69, 9.17) is 14.2 Å². The number of aromatic hydroxyl groups is 1. The van der Waals surface area contributed by atoms with Crippen LogP contribution in [0.1, 0.15) is 45.2 Å². The maximum Gasteiger partial charge on any atom is 0.204 e. The van der Waals surface area contributed by atoms with Crippen LogP contribution in [0.15, 0.2) is 0 Å². The molecule has 1 aromatic carbocycles. The Hall–Kier alpha value is -1.37. The van der Waals surface area contributed by atoms with Crippen LogP contribution in [0.25, 0.3) is 0 Å². The van der Waals surface area contributed by atoms with Crippen molar-refractivity contribution in [3.8, 4) is 23.0 Å². The predicted octanol–water partition coefficient (Wildman–Crippen LogP) is 2.59. The molecule has 2 heterocycles. The number of rotatable bonds is 5. The van der Waals surface area contributed by atoms with Crippen molar-refractivity contribution in [3.05, 3.63) is 11.1 Å². The molecule has 0 radical (unpaired) electrons. The van der Waals surface area contributed by atoms with E-state index >= 15 is 0 Å². The number of hydrogen-bond acceptors (Lipinski definition) is 6. The SMILES string of the molecule is CC1CCc2c(O)c3c(c(OCC(O)CNC(C)(C)C)c2O1)OCC3.Cl. The van der Waals surface area contributed by atoms with Crippen molar-refractivity contribution in [1.29, 1.82) is 0 Å². The first-order valence-electron chi connectivity index (χ1n) is 9.02. The van der Waals surface area contributed by atoms with Crippen LogP contribution in [0.5, 0.6) is 23.0 Å². The lowest BCUT2D eigenvalue weighted by molar-refractivity contribution is 0.0929. The summed E-state index contributed by atoms with van der Waals surface area (Å²) < 4.78 is 17.6. The predicted molar refractivity (Wildman–Crippen MR) is 102 cm³/mol. The molecule has 0 spiro atoms. The molecule has 2 atom stereocenters. The summed E-state index contributed by atoms with van der Waals surface area (Å²) in [4.78, 5) is 0. The van der Waals surface area contributed by atoms with E-state index in [0.717, 1.165) is 24.0 Å². The Bertz CT molecular complexity index is 644. The molecule has 148 valence electrons. The molecule has 0 aromatic heterocycles. The fourth-order valence-electron chi connectivity index (χ4n) is 3.17. The number of aliphatic hydroxyl groups excluding tert-OH is 1. The Kier molecular flexibility index (Phi) is 6.53. The minimum absolute atomic E-state index is 0. The van der Waals surface area contributed by atoms with Gasteiger partial charge in [0.25, 0.3) is 0 Å². The first-order valence-corrected chi connectivity index (χ1v) is 9.02. The molecule has 0 bridgehead atoms. The third kappa shape index (κ3) is 4.48. The van der Waals surface area contributed by atoms with E-state index in [9.17, 15) is 10.2 Å². The Morgan fingerprint density at radius 2 is 1.92 bits per heavy atom. The highest BCUT2D eigenvalue weighted by molar-refractivity contribution is 5.85. The molecular weight excluding hydrogens is 358 g/mol. The van der Waals surface area contributed by atoms with Crippen molar-refractivity contribution in [2.45, 2.75) is 64.7 Å². The van der Waals surface area contributed by atoms with E-state index in [1.165, 1.54) is 0 Å². The van der Waals surface area contributed by atoms with Crippen molar-refractivity contribution in [1.82, 2.24) is 5.32 Å². The second-order valence-corrected chi connectivity index (χ2v) is 7.95. The maximum absolute atomic E-state index is 10.5. The van der Waals surface area contributed by atoms with Crippen molar-refractivity contribution < 1.29 is 24.4 Å². The van der Waals surface area contributed by atoms with Crippen LogP contribution in [-0.4, -0.2) is 47.7 Å². The van der Waals surface area contributed by atoms with Crippen molar-refractivity contribution >= 4 is 12.4 Å². The number of fused-ring (bicyclic) bond motifs is 2. The van der Waals surface area contributed by atoms with E-state index in [-0.39, 0.29) is 36.4 Å². The van der Waals surface area contributed by atoms with Crippen LogP contribution in [0.2, 0.25) is 0 Å². The lowest BCUT2D eigenvalue weighted by Crippen LogP contribution is -2.42. The molecule has 2 aliphatic rings. The van der Waals surface area contributed by atoms with Gasteiger partial charge in [0.05, 0.1) is 12.7 Å². The zero-order chi connectivity index (χ0) is 18.2. The summed E-state index contributed by atoms with van der Waals surface area (Å²) in [6.45, 7) is 9.23. The molecule has 7 heteroatoms. The topological polar surface area (TPSA) is 80.2 Å². The molecule has 0 saturated carbocycles. The number of phenols is 1. The molecule has 0 aliphatic carbocycles. The summed E-state index contributed by atoms with van der Waals surface area (Å²) in [5, 5.41) is 24.0. The molecule has 3 rings (SSSR count). The van der Waals surface area contributed by atoms with E-state index in [0.29, 0.717) is 36.8 Å². The van der Waals surface area contributed by atoms with Gasteiger partial charge in [-0.15, -0.1) is 12.4 Å². The number of aliphatic hydroxyl groups is 1. The number of halogens is 1. The molecule has 1 aromatic rings. The zero-order valence-electron chi connectivity index (χ0n) is 15.9. The van der Waals surface area contributed by atoms with E-state index in [1.807, 2.05) is 27.7 Å². The van der Waals surface area contributed by atoms with Gasteiger partial charge in [0, 0.05) is 29.6 Å². The van der Waals surface area contributed by atoms with Crippen molar-refractivity contribution in [2.75, 3.05) is 19.8 Å². The molecule has 2 aliphatic heterocycles. The highest BCUT2D eigenvalue weighted by atomic mass is 35.5. The van der Waals surface area contributed by atoms with Crippen LogP contribution in [-0.2, 0) is 12.8 Å². The molecule has 0 saturated heterocycles. The fraction of sp³-hybridized carbons (Fsp3) is 0.684. The molecule has 3 N–H and O–H groups in total. The van der Waals surface area contributed by atoms with Gasteiger partial charge >= 0.3 is 0 Å². The highest BCUT2D eigenvalue weighted by Gasteiger charge is 2.33. The smallest absolute Gasteiger partial charge is 0.204 e. The Morgan fingerprint density at radius 1 is 1.23 bits per heavy atom. The van der Waals surface area contributed by atoms with Crippen molar-refractivity contribution in [3.63, 3.8) is 0 Å². The Labute approximate surface area is 161 Å². The van der Waals surface area contributed by atoms with E-state index < -0.39 is 6.10 Å². The Morgan fingerprint density at radius 3 is 2.62 bits per heavy atom. The number of hydrogen-bond donors (Lipinski definition) is 3. The second-order valence-electron chi connectivity index (χ2n) is 7.95. The first-order chi connectivity index (χ1) is 11.8. The molecule has 2 unspecified atom stereocenters. The van der Waals surface area contributed by atoms with E-state index in [2.05, 4.69) is 5.32 Å². The normalized spacial score (nSPS) is 19.5. The first kappa shape index (κ1) is 20.9. The molecular formula is C19H30ClNO5. The quantitative estimate of drug-likeness (QED) is 0.720. The Balaban J connectivity index is 0.00000243. The monoisotopic (exact) mass is 387 g/mol. The van der Waals surface area contributed by atoms with E-state index in [1.54, 1.807) is 0 Å². The van der Waals surface area contributed by atoms with Gasteiger partial charge in [-0.05, 0) is 40.5 Å². The lowest BCUT2D eigenvalue weighted by Gasteiger charge is -2.28. The van der Waals surface area contributed by atoms with Crippen LogP contribution < -0.4 is 19.5 Å². The minimum Gasteiger partial charge on any atom is -0.507 e. The summed E-state index contributed by atoms with van der Waals surface area (Å²) in [7, 11) is 0. The third-order valence-corrected chi connectivity index (χ3v) is 4.54. The standard InChI is InChI=1S/C19H29NO5.ClH/c1-11-5-6-13-15(22)14-7-8-23-16(14)18(17(13)25-11)24-10-12(21)9-20-19(2,3)4;/h11-12,20-22H,5-10H2,1-4H3;1H. The molecule has 6 nitrogen and oxygen atoms in total. The van der Waals surface area contributed by atoms with Gasteiger partial charge in [0.2, 0.25) is 5.75 Å². The number of phenolic OH excluding ortho intramolecular Hbond substituents is 1. The number of ether oxygens (including phenoxy) is 3. The largest absolute Gasteiger partial charge is 0.507 e. The second kappa shape index (κ2) is 8.11. The van der Waals surface area contributed by atoms with Gasteiger partial charge in [-0.2, -0.15) is 0 Å². The summed E-state index contributed by atoms with van der Waals surface area (Å²) in [6.07, 6.45) is 1.68. The van der Waals surface area contributed by atoms with Crippen LogP contribution in [0.3, 0.4) is 0 Å². The minimum atomic E-state index is -0.651. The average Bonchev–Trinajstić information content (AvgIpc) is 3.01. The highest BCUT2D eigenvalue weighted by Crippen LogP contribution is 2.53. The van der Waals surface area contributed by atoms with Crippen LogP contribution >= 0.6 is 12.4 Å². The van der Waals surface area contributed by atoms with Gasteiger partial charge in [-0.1, -0.05) is 0 Å². The molecule has 0 fully saturated rings. The average molecular weight is 388 g/mol. The zero-order valence-corrected chi connectivity index (χ0v) is 16.7. The van der Waals surface area contributed by atoms with Gasteiger partial charge in [-0.25, -0.2) is 0 Å². The van der Waals surface area contributed by atoms with Gasteiger partial charge in [-0.3, -0.25) is 0 Å². The van der Waals surface area contributed by atoms with Gasteiger partial charge in [0.1, 0.15) is 18.5 Å². The molecule has 26 heavy (non-hydrogen) atoms. The molecule has 0 amide bonds. The number of benzene rings is 1. The summed E-state index contributed by atoms with van der Waals surface area (Å²) in [5.74, 6) is 1.91. The van der Waals surface area contributed by atoms with Gasteiger partial charge in [0.15, 0.2) is 11.5 Å². The summed E-state index contributed by atoms with van der Waals surface area (Å²) in [6, 6.07) is 0. The fourth-order valence-corrected chi connectivity index (χ4v) is 3.17. The maximum atomic E-state index is 10.5. The summed E-state index contributed by atoms with van der Waals surface area (Å²) in [5.41, 5.74) is 1.51. The summed E-state index contributed by atoms with van der Waals surface area (Å²) >= 11 is 0. The number of β-amino-alcohol motifs (C(OH)–C–C–N with tert-alkyl or cyclic N) is 1.